The van der Waals surface area contributed by atoms with E-state index < -0.39 is 6.10 Å². The predicted molar refractivity (Wildman–Crippen MR) is 92.0 cm³/mol. The van der Waals surface area contributed by atoms with E-state index >= 15 is 0 Å². The fourth-order valence-electron chi connectivity index (χ4n) is 3.68. The Labute approximate surface area is 143 Å². The van der Waals surface area contributed by atoms with Gasteiger partial charge in [0.25, 0.3) is 5.56 Å². The van der Waals surface area contributed by atoms with Crippen LogP contribution in [0.2, 0.25) is 0 Å². The van der Waals surface area contributed by atoms with Crippen molar-refractivity contribution >= 4 is 10.9 Å². The van der Waals surface area contributed by atoms with Crippen LogP contribution in [0.25, 0.3) is 22.3 Å². The Morgan fingerprint density at radius 2 is 1.96 bits per heavy atom. The van der Waals surface area contributed by atoms with Crippen LogP contribution in [0.3, 0.4) is 0 Å². The highest BCUT2D eigenvalue weighted by Gasteiger charge is 2.26. The second kappa shape index (κ2) is 4.83. The summed E-state index contributed by atoms with van der Waals surface area (Å²) in [4.78, 5) is 17.5. The molecule has 2 aliphatic rings. The van der Waals surface area contributed by atoms with Crippen molar-refractivity contribution in [1.29, 1.82) is 0 Å². The van der Waals surface area contributed by atoms with Crippen molar-refractivity contribution in [3.8, 4) is 22.9 Å². The highest BCUT2D eigenvalue weighted by molar-refractivity contribution is 5.87. The van der Waals surface area contributed by atoms with Crippen LogP contribution in [0.1, 0.15) is 29.7 Å². The van der Waals surface area contributed by atoms with Gasteiger partial charge in [0, 0.05) is 22.6 Å². The van der Waals surface area contributed by atoms with Gasteiger partial charge in [-0.25, -0.2) is 4.98 Å². The van der Waals surface area contributed by atoms with Crippen molar-refractivity contribution in [2.75, 3.05) is 6.79 Å². The van der Waals surface area contributed by atoms with Crippen LogP contribution in [0.15, 0.2) is 29.1 Å². The SMILES string of the molecule is Cc1c(C(C)O)cc2n(c1=O)Cc1cc3cc4c(cc3nc1-2)OCO4. The van der Waals surface area contributed by atoms with E-state index in [1.54, 1.807) is 18.4 Å². The van der Waals surface area contributed by atoms with E-state index in [1.807, 2.05) is 24.3 Å². The van der Waals surface area contributed by atoms with E-state index in [0.717, 1.165) is 27.9 Å². The summed E-state index contributed by atoms with van der Waals surface area (Å²) in [5, 5.41) is 10.9. The Bertz CT molecular complexity index is 1110. The molecule has 0 saturated carbocycles. The Hall–Kier alpha value is -2.86. The maximum atomic E-state index is 12.7. The third-order valence-electron chi connectivity index (χ3n) is 4.99. The van der Waals surface area contributed by atoms with Crippen molar-refractivity contribution in [3.63, 3.8) is 0 Å². The summed E-state index contributed by atoms with van der Waals surface area (Å²) >= 11 is 0. The third kappa shape index (κ3) is 1.94. The summed E-state index contributed by atoms with van der Waals surface area (Å²) in [7, 11) is 0. The molecule has 0 aliphatic carbocycles. The summed E-state index contributed by atoms with van der Waals surface area (Å²) in [6.45, 7) is 4.13. The van der Waals surface area contributed by atoms with Gasteiger partial charge in [-0.15, -0.1) is 0 Å². The first kappa shape index (κ1) is 14.5. The molecule has 6 heteroatoms. The van der Waals surface area contributed by atoms with E-state index in [-0.39, 0.29) is 12.4 Å². The Morgan fingerprint density at radius 3 is 2.72 bits per heavy atom. The molecule has 0 spiro atoms. The topological polar surface area (TPSA) is 73.6 Å². The smallest absolute Gasteiger partial charge is 0.254 e. The second-order valence-corrected chi connectivity index (χ2v) is 6.57. The first-order valence-corrected chi connectivity index (χ1v) is 8.19. The fourth-order valence-corrected chi connectivity index (χ4v) is 3.68. The van der Waals surface area contributed by atoms with Gasteiger partial charge in [0.2, 0.25) is 6.79 Å². The Balaban J connectivity index is 1.78. The van der Waals surface area contributed by atoms with Crippen molar-refractivity contribution in [1.82, 2.24) is 9.55 Å². The minimum Gasteiger partial charge on any atom is -0.454 e. The van der Waals surface area contributed by atoms with Crippen molar-refractivity contribution < 1.29 is 14.6 Å². The summed E-state index contributed by atoms with van der Waals surface area (Å²) in [6, 6.07) is 7.70. The molecular formula is C19H16N2O4. The van der Waals surface area contributed by atoms with E-state index in [9.17, 15) is 9.90 Å². The number of nitrogens with zero attached hydrogens (tertiary/aromatic N) is 2. The second-order valence-electron chi connectivity index (χ2n) is 6.57. The number of hydrogen-bond donors (Lipinski definition) is 1. The molecule has 3 aromatic rings. The van der Waals surface area contributed by atoms with Crippen molar-refractivity contribution in [2.45, 2.75) is 26.5 Å². The van der Waals surface area contributed by atoms with Crippen molar-refractivity contribution in [3.05, 3.63) is 51.3 Å². The number of aliphatic hydroxyl groups excluding tert-OH is 1. The minimum absolute atomic E-state index is 0.0791. The molecule has 2 aromatic heterocycles. The average Bonchev–Trinajstić information content (AvgIpc) is 3.17. The molecule has 4 heterocycles. The van der Waals surface area contributed by atoms with Gasteiger partial charge in [-0.2, -0.15) is 0 Å². The highest BCUT2D eigenvalue weighted by atomic mass is 16.7. The zero-order valence-electron chi connectivity index (χ0n) is 13.9. The number of benzene rings is 1. The molecule has 0 saturated heterocycles. The number of aliphatic hydroxyl groups is 1. The van der Waals surface area contributed by atoms with Gasteiger partial charge < -0.3 is 19.1 Å². The lowest BCUT2D eigenvalue weighted by Crippen LogP contribution is -2.23. The molecule has 1 aromatic carbocycles. The lowest BCUT2D eigenvalue weighted by molar-refractivity contribution is 0.174. The van der Waals surface area contributed by atoms with E-state index in [0.29, 0.717) is 29.2 Å². The summed E-state index contributed by atoms with van der Waals surface area (Å²) < 4.78 is 12.6. The van der Waals surface area contributed by atoms with Crippen LogP contribution < -0.4 is 15.0 Å². The summed E-state index contributed by atoms with van der Waals surface area (Å²) in [5.74, 6) is 1.40. The van der Waals surface area contributed by atoms with E-state index in [4.69, 9.17) is 14.5 Å². The molecule has 25 heavy (non-hydrogen) atoms. The largest absolute Gasteiger partial charge is 0.454 e. The minimum atomic E-state index is -0.697. The maximum absolute atomic E-state index is 12.7. The van der Waals surface area contributed by atoms with Gasteiger partial charge in [0.15, 0.2) is 11.5 Å². The molecule has 6 nitrogen and oxygen atoms in total. The zero-order chi connectivity index (χ0) is 17.3. The number of ether oxygens (including phenoxy) is 2. The molecule has 2 aliphatic heterocycles. The predicted octanol–water partition coefficient (Wildman–Crippen LogP) is 2.52. The Kier molecular flexibility index (Phi) is 2.80. The molecule has 0 fully saturated rings. The lowest BCUT2D eigenvalue weighted by atomic mass is 10.0. The zero-order valence-corrected chi connectivity index (χ0v) is 13.9. The van der Waals surface area contributed by atoms with Gasteiger partial charge in [0.1, 0.15) is 0 Å². The fraction of sp³-hybridized carbons (Fsp3) is 0.263. The van der Waals surface area contributed by atoms with Crippen LogP contribution in [0.5, 0.6) is 11.5 Å². The molecule has 126 valence electrons. The number of pyridine rings is 2. The molecular weight excluding hydrogens is 320 g/mol. The van der Waals surface area contributed by atoms with Crippen LogP contribution in [0.4, 0.5) is 0 Å². The van der Waals surface area contributed by atoms with E-state index in [1.165, 1.54) is 0 Å². The van der Waals surface area contributed by atoms with Gasteiger partial charge in [-0.1, -0.05) is 0 Å². The molecule has 0 amide bonds. The molecule has 1 atom stereocenters. The van der Waals surface area contributed by atoms with Gasteiger partial charge in [-0.05, 0) is 37.6 Å². The first-order valence-electron chi connectivity index (χ1n) is 8.19. The first-order chi connectivity index (χ1) is 12.0. The number of fused-ring (bicyclic) bond motifs is 5. The maximum Gasteiger partial charge on any atom is 0.254 e. The lowest BCUT2D eigenvalue weighted by Gasteiger charge is -2.12. The third-order valence-corrected chi connectivity index (χ3v) is 4.99. The molecule has 0 radical (unpaired) electrons. The monoisotopic (exact) mass is 336 g/mol. The van der Waals surface area contributed by atoms with Crippen LogP contribution in [-0.2, 0) is 6.54 Å². The van der Waals surface area contributed by atoms with Gasteiger partial charge >= 0.3 is 0 Å². The standard InChI is InChI=1S/C19H16N2O4/c1-9-13(10(2)22)5-15-18-12(7-21(15)19(9)23)3-11-4-16-17(25-8-24-16)6-14(11)20-18/h3-6,10,22H,7-8H2,1-2H3. The molecule has 0 bridgehead atoms. The van der Waals surface area contributed by atoms with Crippen molar-refractivity contribution in [2.24, 2.45) is 0 Å². The van der Waals surface area contributed by atoms with E-state index in [2.05, 4.69) is 0 Å². The summed E-state index contributed by atoms with van der Waals surface area (Å²) in [5.41, 5.74) is 4.47. The van der Waals surface area contributed by atoms with Crippen LogP contribution in [-0.4, -0.2) is 21.5 Å². The molecule has 5 rings (SSSR count). The quantitative estimate of drug-likeness (QED) is 0.578. The normalized spacial score (nSPS) is 15.3. The Morgan fingerprint density at radius 1 is 1.20 bits per heavy atom. The number of aromatic nitrogens is 2. The molecule has 1 unspecified atom stereocenters. The number of hydrogen-bond acceptors (Lipinski definition) is 5. The highest BCUT2D eigenvalue weighted by Crippen LogP contribution is 2.39. The van der Waals surface area contributed by atoms with Gasteiger partial charge in [0.05, 0.1) is 29.6 Å². The summed E-state index contributed by atoms with van der Waals surface area (Å²) in [6.07, 6.45) is -0.697. The van der Waals surface area contributed by atoms with Crippen LogP contribution in [0, 0.1) is 6.92 Å². The average molecular weight is 336 g/mol. The van der Waals surface area contributed by atoms with Gasteiger partial charge in [-0.3, -0.25) is 4.79 Å². The molecule has 1 N–H and O–H groups in total. The number of rotatable bonds is 1. The van der Waals surface area contributed by atoms with Crippen LogP contribution >= 0.6 is 0 Å².